The summed E-state index contributed by atoms with van der Waals surface area (Å²) < 4.78 is 13.7. The van der Waals surface area contributed by atoms with E-state index in [0.29, 0.717) is 12.0 Å². The lowest BCUT2D eigenvalue weighted by atomic mass is 10.0. The Morgan fingerprint density at radius 2 is 1.37 bits per heavy atom. The Bertz CT molecular complexity index is 1560. The summed E-state index contributed by atoms with van der Waals surface area (Å²) in [6.07, 6.45) is 0.525. The molecule has 46 heavy (non-hydrogen) atoms. The highest BCUT2D eigenvalue weighted by Gasteiger charge is 2.34. The first kappa shape index (κ1) is 35.1. The Balaban J connectivity index is 1.73. The van der Waals surface area contributed by atoms with Crippen LogP contribution in [-0.4, -0.2) is 59.0 Å². The van der Waals surface area contributed by atoms with E-state index in [1.807, 2.05) is 30.3 Å². The van der Waals surface area contributed by atoms with E-state index in [2.05, 4.69) is 21.3 Å². The second-order valence-corrected chi connectivity index (χ2v) is 11.3. The highest BCUT2D eigenvalue weighted by atomic mass is 19.1. The van der Waals surface area contributed by atoms with Gasteiger partial charge in [0.05, 0.1) is 6.04 Å². The van der Waals surface area contributed by atoms with Crippen LogP contribution in [0, 0.1) is 5.82 Å². The molecule has 3 rings (SSSR count). The third kappa shape index (κ3) is 10.4. The number of hydrogen-bond donors (Lipinski definition) is 5. The minimum absolute atomic E-state index is 0.00302. The highest BCUT2D eigenvalue weighted by Crippen LogP contribution is 2.10. The predicted molar refractivity (Wildman–Crippen MR) is 169 cm³/mol. The van der Waals surface area contributed by atoms with E-state index in [0.717, 1.165) is 11.6 Å². The lowest BCUT2D eigenvalue weighted by Gasteiger charge is -2.26. The smallest absolute Gasteiger partial charge is 0.290 e. The van der Waals surface area contributed by atoms with Crippen molar-refractivity contribution >= 4 is 35.3 Å². The summed E-state index contributed by atoms with van der Waals surface area (Å²) in [6.45, 7) is 4.10. The third-order valence-electron chi connectivity index (χ3n) is 7.21. The van der Waals surface area contributed by atoms with Gasteiger partial charge in [0.2, 0.25) is 23.5 Å². The zero-order valence-electron chi connectivity index (χ0n) is 25.8. The number of hydrogen-bond acceptors (Lipinski definition) is 6. The molecule has 0 aliphatic heterocycles. The van der Waals surface area contributed by atoms with Crippen LogP contribution < -0.4 is 27.0 Å². The predicted octanol–water partition coefficient (Wildman–Crippen LogP) is 1.74. The van der Waals surface area contributed by atoms with Crippen LogP contribution in [0.1, 0.15) is 48.7 Å². The Morgan fingerprint density at radius 1 is 0.761 bits per heavy atom. The first-order valence-corrected chi connectivity index (χ1v) is 14.7. The molecular formula is C34H38FN5O6. The Labute approximate surface area is 266 Å². The maximum absolute atomic E-state index is 13.7. The fourth-order valence-electron chi connectivity index (χ4n) is 4.42. The zero-order valence-corrected chi connectivity index (χ0v) is 25.8. The standard InChI is InChI=1S/C34H38FN5O6/c1-21(28(41)32(45)39-27(19-23-13-8-5-9-14-23)31(44)40-34(2,3)33(36)46)37-30(43)26(18-17-22-11-6-4-7-12-22)38-29(42)24-15-10-16-25(35)20-24/h4-16,20-21,26-27H,17-19H2,1-3H3,(H2,36,46)(H,37,43)(H,38,42)(H,39,45)(H,40,44)/t21?,26-,27-/m0/s1. The van der Waals surface area contributed by atoms with Gasteiger partial charge in [-0.25, -0.2) is 4.39 Å². The van der Waals surface area contributed by atoms with Gasteiger partial charge < -0.3 is 27.0 Å². The van der Waals surface area contributed by atoms with Gasteiger partial charge in [-0.05, 0) is 62.9 Å². The minimum Gasteiger partial charge on any atom is -0.368 e. The second-order valence-electron chi connectivity index (χ2n) is 11.3. The number of carbonyl (C=O) groups excluding carboxylic acids is 6. The molecule has 3 aromatic rings. The average molecular weight is 632 g/mol. The molecule has 0 aliphatic carbocycles. The number of rotatable bonds is 15. The van der Waals surface area contributed by atoms with Gasteiger partial charge in [0.1, 0.15) is 23.4 Å². The molecule has 3 aromatic carbocycles. The van der Waals surface area contributed by atoms with Crippen molar-refractivity contribution in [1.82, 2.24) is 21.3 Å². The van der Waals surface area contributed by atoms with Gasteiger partial charge in [0.25, 0.3) is 11.8 Å². The van der Waals surface area contributed by atoms with E-state index in [1.54, 1.807) is 30.3 Å². The first-order chi connectivity index (χ1) is 21.8. The molecule has 0 fully saturated rings. The Hall–Kier alpha value is -5.39. The van der Waals surface area contributed by atoms with Gasteiger partial charge in [-0.3, -0.25) is 28.8 Å². The highest BCUT2D eigenvalue weighted by molar-refractivity contribution is 6.38. The normalized spacial score (nSPS) is 13.0. The molecule has 0 bridgehead atoms. The molecule has 0 aromatic heterocycles. The summed E-state index contributed by atoms with van der Waals surface area (Å²) in [6, 6.07) is 19.1. The summed E-state index contributed by atoms with van der Waals surface area (Å²) in [7, 11) is 0. The number of aryl methyl sites for hydroxylation is 1. The van der Waals surface area contributed by atoms with Crippen molar-refractivity contribution in [3.05, 3.63) is 107 Å². The Kier molecular flexibility index (Phi) is 12.3. The minimum atomic E-state index is -1.44. The molecule has 0 saturated heterocycles. The van der Waals surface area contributed by atoms with Crippen molar-refractivity contribution < 1.29 is 33.2 Å². The molecule has 12 heteroatoms. The average Bonchev–Trinajstić information content (AvgIpc) is 3.02. The van der Waals surface area contributed by atoms with E-state index in [1.165, 1.54) is 39.0 Å². The van der Waals surface area contributed by atoms with Crippen LogP contribution in [0.2, 0.25) is 0 Å². The molecule has 242 valence electrons. The van der Waals surface area contributed by atoms with Crippen LogP contribution in [0.4, 0.5) is 4.39 Å². The van der Waals surface area contributed by atoms with Crippen LogP contribution in [-0.2, 0) is 36.8 Å². The number of ketones is 1. The largest absolute Gasteiger partial charge is 0.368 e. The van der Waals surface area contributed by atoms with Crippen LogP contribution >= 0.6 is 0 Å². The zero-order chi connectivity index (χ0) is 33.9. The van der Waals surface area contributed by atoms with Crippen LogP contribution in [0.3, 0.4) is 0 Å². The molecule has 11 nitrogen and oxygen atoms in total. The molecule has 3 atom stereocenters. The van der Waals surface area contributed by atoms with Crippen molar-refractivity contribution in [3.8, 4) is 0 Å². The van der Waals surface area contributed by atoms with Gasteiger partial charge in [0, 0.05) is 12.0 Å². The molecule has 5 amide bonds. The number of Topliss-reactive ketones (excluding diaryl/α,β-unsaturated/α-hetero) is 1. The maximum Gasteiger partial charge on any atom is 0.290 e. The van der Waals surface area contributed by atoms with Crippen molar-refractivity contribution in [2.75, 3.05) is 0 Å². The second kappa shape index (κ2) is 16.1. The summed E-state index contributed by atoms with van der Waals surface area (Å²) in [4.78, 5) is 77.3. The van der Waals surface area contributed by atoms with Crippen LogP contribution in [0.15, 0.2) is 84.9 Å². The van der Waals surface area contributed by atoms with Gasteiger partial charge in [-0.1, -0.05) is 66.7 Å². The lowest BCUT2D eigenvalue weighted by Crippen LogP contribution is -2.60. The summed E-state index contributed by atoms with van der Waals surface area (Å²) in [5.74, 6) is -5.80. The molecule has 0 radical (unpaired) electrons. The van der Waals surface area contributed by atoms with E-state index in [-0.39, 0.29) is 18.4 Å². The molecule has 0 spiro atoms. The molecule has 1 unspecified atom stereocenters. The summed E-state index contributed by atoms with van der Waals surface area (Å²) >= 11 is 0. The van der Waals surface area contributed by atoms with Crippen molar-refractivity contribution in [2.45, 2.75) is 63.7 Å². The number of nitrogens with one attached hydrogen (secondary N) is 4. The van der Waals surface area contributed by atoms with Crippen molar-refractivity contribution in [1.29, 1.82) is 0 Å². The summed E-state index contributed by atoms with van der Waals surface area (Å²) in [5.41, 5.74) is 5.51. The monoisotopic (exact) mass is 631 g/mol. The van der Waals surface area contributed by atoms with E-state index < -0.39 is 64.8 Å². The van der Waals surface area contributed by atoms with E-state index in [9.17, 15) is 33.2 Å². The number of benzene rings is 3. The van der Waals surface area contributed by atoms with E-state index in [4.69, 9.17) is 5.73 Å². The van der Waals surface area contributed by atoms with E-state index >= 15 is 0 Å². The van der Waals surface area contributed by atoms with Crippen molar-refractivity contribution in [3.63, 3.8) is 0 Å². The SMILES string of the molecule is CC(NC(=O)[C@H](CCc1ccccc1)NC(=O)c1cccc(F)c1)C(=O)C(=O)N[C@@H](Cc1ccccc1)C(=O)NC(C)(C)C(N)=O. The quantitative estimate of drug-likeness (QED) is 0.160. The van der Waals surface area contributed by atoms with Gasteiger partial charge in [0.15, 0.2) is 0 Å². The third-order valence-corrected chi connectivity index (χ3v) is 7.21. The number of carbonyl (C=O) groups is 6. The van der Waals surface area contributed by atoms with Gasteiger partial charge in [-0.15, -0.1) is 0 Å². The van der Waals surface area contributed by atoms with Gasteiger partial charge in [-0.2, -0.15) is 0 Å². The topological polar surface area (TPSA) is 177 Å². The maximum atomic E-state index is 13.7. The fourth-order valence-corrected chi connectivity index (χ4v) is 4.42. The molecular weight excluding hydrogens is 593 g/mol. The number of amides is 5. The van der Waals surface area contributed by atoms with Crippen LogP contribution in [0.25, 0.3) is 0 Å². The summed E-state index contributed by atoms with van der Waals surface area (Å²) in [5, 5.41) is 9.95. The Morgan fingerprint density at radius 3 is 1.96 bits per heavy atom. The molecule has 0 aliphatic rings. The lowest BCUT2D eigenvalue weighted by molar-refractivity contribution is -0.141. The van der Waals surface area contributed by atoms with Crippen LogP contribution in [0.5, 0.6) is 0 Å². The first-order valence-electron chi connectivity index (χ1n) is 14.7. The number of primary amides is 1. The van der Waals surface area contributed by atoms with Gasteiger partial charge >= 0.3 is 0 Å². The number of nitrogens with two attached hydrogens (primary N) is 1. The fraction of sp³-hybridized carbons (Fsp3) is 0.294. The molecule has 6 N–H and O–H groups in total. The number of halogens is 1. The molecule has 0 saturated carbocycles. The molecule has 0 heterocycles. The van der Waals surface area contributed by atoms with Crippen molar-refractivity contribution in [2.24, 2.45) is 5.73 Å².